The highest BCUT2D eigenvalue weighted by Gasteiger charge is 2.04. The van der Waals surface area contributed by atoms with Gasteiger partial charge in [0.2, 0.25) is 0 Å². The molecule has 0 amide bonds. The summed E-state index contributed by atoms with van der Waals surface area (Å²) in [7, 11) is -0.293. The van der Waals surface area contributed by atoms with Gasteiger partial charge in [0.25, 0.3) is 0 Å². The average Bonchev–Trinajstić information content (AvgIpc) is 2.89. The van der Waals surface area contributed by atoms with Gasteiger partial charge in [-0.1, -0.05) is 36.7 Å². The van der Waals surface area contributed by atoms with Crippen LogP contribution in [0.25, 0.3) is 0 Å². The number of aromatic nitrogens is 3. The second-order valence-electron chi connectivity index (χ2n) is 4.71. The monoisotopic (exact) mass is 259 g/mol. The molecule has 2 aromatic rings. The van der Waals surface area contributed by atoms with Gasteiger partial charge in [-0.15, -0.1) is 0 Å². The molecule has 0 spiro atoms. The Morgan fingerprint density at radius 2 is 2.22 bits per heavy atom. The fourth-order valence-electron chi connectivity index (χ4n) is 2.23. The summed E-state index contributed by atoms with van der Waals surface area (Å²) in [5.41, 5.74) is 3.04. The summed E-state index contributed by atoms with van der Waals surface area (Å²) in [6.07, 6.45) is 8.23. The number of hydrogen-bond acceptors (Lipinski definition) is 2. The highest BCUT2D eigenvalue weighted by molar-refractivity contribution is 6.52. The maximum absolute atomic E-state index is 4.17. The first-order valence-corrected chi connectivity index (χ1v) is 8.41. The van der Waals surface area contributed by atoms with Gasteiger partial charge in [0, 0.05) is 6.17 Å². The van der Waals surface area contributed by atoms with E-state index in [1.54, 1.807) is 11.5 Å². The quantitative estimate of drug-likeness (QED) is 0.734. The number of aryl methyl sites for hydroxylation is 1. The van der Waals surface area contributed by atoms with Crippen LogP contribution in [0.5, 0.6) is 0 Å². The van der Waals surface area contributed by atoms with E-state index < -0.39 is 0 Å². The third-order valence-electron chi connectivity index (χ3n) is 3.43. The van der Waals surface area contributed by atoms with Crippen molar-refractivity contribution >= 4 is 14.7 Å². The zero-order valence-electron chi connectivity index (χ0n) is 11.3. The minimum Gasteiger partial charge on any atom is -0.256 e. The first kappa shape index (κ1) is 13.0. The Morgan fingerprint density at radius 3 is 2.94 bits per heavy atom. The minimum atomic E-state index is -0.293. The number of nitrogens with zero attached hydrogens (tertiary/aromatic N) is 3. The normalized spacial score (nSPS) is 11.4. The van der Waals surface area contributed by atoms with E-state index in [1.165, 1.54) is 30.4 Å². The molecule has 0 fully saturated rings. The maximum Gasteiger partial charge on any atom is 0.137 e. The molecule has 96 valence electrons. The summed E-state index contributed by atoms with van der Waals surface area (Å²) in [5, 5.41) is 5.74. The molecule has 1 aromatic heterocycles. The molecule has 1 heterocycles. The van der Waals surface area contributed by atoms with E-state index in [1.807, 2.05) is 11.0 Å². The fourth-order valence-corrected chi connectivity index (χ4v) is 3.83. The van der Waals surface area contributed by atoms with E-state index in [4.69, 9.17) is 0 Å². The third kappa shape index (κ3) is 3.29. The molecular weight excluding hydrogens is 238 g/mol. The van der Waals surface area contributed by atoms with E-state index in [9.17, 15) is 0 Å². The van der Waals surface area contributed by atoms with Gasteiger partial charge < -0.3 is 0 Å². The lowest BCUT2D eigenvalue weighted by Gasteiger charge is -2.10. The van der Waals surface area contributed by atoms with E-state index in [0.717, 1.165) is 6.17 Å². The number of hydrogen-bond donors (Lipinski definition) is 0. The van der Waals surface area contributed by atoms with Crippen molar-refractivity contribution in [3.8, 4) is 0 Å². The zero-order chi connectivity index (χ0) is 12.8. The smallest absolute Gasteiger partial charge is 0.137 e. The van der Waals surface area contributed by atoms with Crippen molar-refractivity contribution < 1.29 is 0 Å². The Kier molecular flexibility index (Phi) is 4.70. The molecule has 2 rings (SSSR count). The Balaban J connectivity index is 2.03. The van der Waals surface area contributed by atoms with Gasteiger partial charge in [0.1, 0.15) is 12.7 Å². The molecule has 0 saturated carbocycles. The Bertz CT molecular complexity index is 480. The van der Waals surface area contributed by atoms with Crippen LogP contribution in [0, 0.1) is 6.92 Å². The van der Waals surface area contributed by atoms with Gasteiger partial charge >= 0.3 is 0 Å². The van der Waals surface area contributed by atoms with Gasteiger partial charge in [-0.05, 0) is 30.9 Å². The van der Waals surface area contributed by atoms with Crippen LogP contribution in [0.2, 0.25) is 0 Å². The first-order chi connectivity index (χ1) is 8.81. The van der Waals surface area contributed by atoms with E-state index >= 15 is 0 Å². The van der Waals surface area contributed by atoms with Crippen molar-refractivity contribution in [2.75, 3.05) is 0 Å². The minimum absolute atomic E-state index is 0.293. The molecule has 3 nitrogen and oxygen atoms in total. The molecule has 0 bridgehead atoms. The molecule has 0 unspecified atom stereocenters. The maximum atomic E-state index is 4.17. The van der Waals surface area contributed by atoms with E-state index in [0.29, 0.717) is 0 Å². The Hall–Kier alpha value is -1.42. The second-order valence-corrected chi connectivity index (χ2v) is 6.42. The number of unbranched alkanes of at least 4 members (excludes halogenated alkanes) is 1. The fraction of sp³-hybridized carbons (Fsp3) is 0.429. The molecule has 0 aliphatic heterocycles. The predicted molar refractivity (Wildman–Crippen MR) is 78.0 cm³/mol. The summed E-state index contributed by atoms with van der Waals surface area (Å²) in [6, 6.07) is 6.77. The van der Waals surface area contributed by atoms with Crippen LogP contribution in [-0.4, -0.2) is 24.3 Å². The zero-order valence-corrected chi connectivity index (χ0v) is 12.7. The van der Waals surface area contributed by atoms with Crippen molar-refractivity contribution in [1.29, 1.82) is 0 Å². The Labute approximate surface area is 111 Å². The third-order valence-corrected chi connectivity index (χ3v) is 5.42. The topological polar surface area (TPSA) is 30.7 Å². The number of rotatable bonds is 6. The molecule has 4 heteroatoms. The lowest BCUT2D eigenvalue weighted by molar-refractivity contribution is 0.738. The van der Waals surface area contributed by atoms with Crippen LogP contribution in [0.3, 0.4) is 0 Å². The highest BCUT2D eigenvalue weighted by atomic mass is 28.2. The van der Waals surface area contributed by atoms with Crippen molar-refractivity contribution in [1.82, 2.24) is 14.8 Å². The summed E-state index contributed by atoms with van der Waals surface area (Å²) in [4.78, 5) is 3.99. The molecule has 0 aliphatic rings. The summed E-state index contributed by atoms with van der Waals surface area (Å²) < 4.78 is 1.95. The van der Waals surface area contributed by atoms with Crippen molar-refractivity contribution in [2.45, 2.75) is 39.3 Å². The van der Waals surface area contributed by atoms with E-state index in [2.05, 4.69) is 42.1 Å². The SMILES string of the molecule is CCCCc1cccc([SiH2]Cn2cncn2)c1C. The van der Waals surface area contributed by atoms with Crippen molar-refractivity contribution in [3.05, 3.63) is 42.0 Å². The highest BCUT2D eigenvalue weighted by Crippen LogP contribution is 2.09. The number of benzene rings is 1. The van der Waals surface area contributed by atoms with E-state index in [-0.39, 0.29) is 9.52 Å². The molecule has 0 aliphatic carbocycles. The summed E-state index contributed by atoms with van der Waals surface area (Å²) in [5.74, 6) is 0. The van der Waals surface area contributed by atoms with Gasteiger partial charge in [0.15, 0.2) is 0 Å². The summed E-state index contributed by atoms with van der Waals surface area (Å²) >= 11 is 0. The predicted octanol–water partition coefficient (Wildman–Crippen LogP) is 1.38. The van der Waals surface area contributed by atoms with Crippen LogP contribution >= 0.6 is 0 Å². The average molecular weight is 259 g/mol. The first-order valence-electron chi connectivity index (χ1n) is 6.71. The molecule has 0 atom stereocenters. The van der Waals surface area contributed by atoms with Crippen molar-refractivity contribution in [3.63, 3.8) is 0 Å². The molecular formula is C14H21N3Si. The molecule has 1 aromatic carbocycles. The van der Waals surface area contributed by atoms with Gasteiger partial charge in [-0.3, -0.25) is 4.68 Å². The van der Waals surface area contributed by atoms with Gasteiger partial charge in [-0.25, -0.2) is 4.98 Å². The molecule has 0 N–H and O–H groups in total. The van der Waals surface area contributed by atoms with Crippen LogP contribution in [0.15, 0.2) is 30.9 Å². The molecule has 0 saturated heterocycles. The van der Waals surface area contributed by atoms with Crippen LogP contribution in [-0.2, 0) is 12.6 Å². The van der Waals surface area contributed by atoms with Crippen molar-refractivity contribution in [2.24, 2.45) is 0 Å². The summed E-state index contributed by atoms with van der Waals surface area (Å²) in [6.45, 7) is 4.52. The molecule has 0 radical (unpaired) electrons. The Morgan fingerprint density at radius 1 is 1.33 bits per heavy atom. The van der Waals surface area contributed by atoms with Gasteiger partial charge in [0.05, 0.1) is 9.52 Å². The van der Waals surface area contributed by atoms with Crippen LogP contribution < -0.4 is 5.19 Å². The van der Waals surface area contributed by atoms with Gasteiger partial charge in [-0.2, -0.15) is 5.10 Å². The standard InChI is InChI=1S/C14H21N3Si/c1-3-4-6-13-7-5-8-14(12(13)2)18-11-17-10-15-9-16-17/h5,7-10H,3-4,6,11,18H2,1-2H3. The lowest BCUT2D eigenvalue weighted by Crippen LogP contribution is -2.24. The molecule has 18 heavy (non-hydrogen) atoms. The van der Waals surface area contributed by atoms with Crippen LogP contribution in [0.4, 0.5) is 0 Å². The second kappa shape index (κ2) is 6.49. The van der Waals surface area contributed by atoms with Crippen LogP contribution in [0.1, 0.15) is 30.9 Å². The largest absolute Gasteiger partial charge is 0.256 e. The lowest BCUT2D eigenvalue weighted by atomic mass is 10.0.